The fourth-order valence-corrected chi connectivity index (χ4v) is 1.88. The number of rotatable bonds is 4. The molecule has 0 aromatic heterocycles. The highest BCUT2D eigenvalue weighted by molar-refractivity contribution is 5.82. The van der Waals surface area contributed by atoms with Gasteiger partial charge in [0.2, 0.25) is 5.91 Å². The van der Waals surface area contributed by atoms with Gasteiger partial charge in [-0.1, -0.05) is 6.92 Å². The van der Waals surface area contributed by atoms with Crippen molar-refractivity contribution in [1.82, 2.24) is 10.2 Å². The van der Waals surface area contributed by atoms with Crippen LogP contribution in [-0.2, 0) is 4.79 Å². The van der Waals surface area contributed by atoms with Gasteiger partial charge in [0.15, 0.2) is 0 Å². The van der Waals surface area contributed by atoms with E-state index in [0.29, 0.717) is 13.1 Å². The van der Waals surface area contributed by atoms with Crippen molar-refractivity contribution in [2.24, 2.45) is 5.41 Å². The van der Waals surface area contributed by atoms with Crippen LogP contribution in [0.1, 0.15) is 27.2 Å². The maximum atomic E-state index is 13.8. The van der Waals surface area contributed by atoms with Crippen LogP contribution in [0, 0.1) is 5.41 Å². The number of hydrogen-bond acceptors (Lipinski definition) is 3. The summed E-state index contributed by atoms with van der Waals surface area (Å²) < 4.78 is 27.7. The molecule has 0 bridgehead atoms. The molecule has 1 amide bonds. The normalized spacial score (nSPS) is 24.9. The largest absolute Gasteiger partial charge is 0.395 e. The first-order valence-corrected chi connectivity index (χ1v) is 6.25. The molecule has 2 N–H and O–H groups in total. The Morgan fingerprint density at radius 2 is 2.17 bits per heavy atom. The molecule has 18 heavy (non-hydrogen) atoms. The standard InChI is InChI=1S/C12H22F2N2O2/c1-4-16-6-5-9(12(13,14)7-16)15-10(18)11(2,3)8-17/h9,17H,4-8H2,1-3H3,(H,15,18). The van der Waals surface area contributed by atoms with E-state index in [0.717, 1.165) is 0 Å². The summed E-state index contributed by atoms with van der Waals surface area (Å²) in [5.41, 5.74) is -1.03. The van der Waals surface area contributed by atoms with Crippen molar-refractivity contribution < 1.29 is 18.7 Å². The van der Waals surface area contributed by atoms with Gasteiger partial charge in [-0.3, -0.25) is 9.69 Å². The van der Waals surface area contributed by atoms with Crippen molar-refractivity contribution in [3.05, 3.63) is 0 Å². The molecule has 0 spiro atoms. The van der Waals surface area contributed by atoms with Crippen LogP contribution in [0.5, 0.6) is 0 Å². The Morgan fingerprint density at radius 1 is 1.56 bits per heavy atom. The number of nitrogens with zero attached hydrogens (tertiary/aromatic N) is 1. The number of amides is 1. The van der Waals surface area contributed by atoms with Crippen molar-refractivity contribution in [2.45, 2.75) is 39.2 Å². The van der Waals surface area contributed by atoms with Crippen LogP contribution in [0.4, 0.5) is 8.78 Å². The molecular formula is C12H22F2N2O2. The zero-order valence-corrected chi connectivity index (χ0v) is 11.2. The van der Waals surface area contributed by atoms with Gasteiger partial charge in [-0.2, -0.15) is 0 Å². The number of likely N-dealkylation sites (tertiary alicyclic amines) is 1. The average Bonchev–Trinajstić information content (AvgIpc) is 2.30. The van der Waals surface area contributed by atoms with Gasteiger partial charge >= 0.3 is 0 Å². The van der Waals surface area contributed by atoms with Crippen molar-refractivity contribution in [1.29, 1.82) is 0 Å². The lowest BCUT2D eigenvalue weighted by Gasteiger charge is -2.39. The van der Waals surface area contributed by atoms with Gasteiger partial charge in [-0.05, 0) is 26.8 Å². The summed E-state index contributed by atoms with van der Waals surface area (Å²) in [5, 5.41) is 11.4. The predicted molar refractivity (Wildman–Crippen MR) is 64.5 cm³/mol. The van der Waals surface area contributed by atoms with Gasteiger partial charge in [0.05, 0.1) is 24.6 Å². The van der Waals surface area contributed by atoms with E-state index in [9.17, 15) is 13.6 Å². The predicted octanol–water partition coefficient (Wildman–Crippen LogP) is 0.851. The van der Waals surface area contributed by atoms with Crippen molar-refractivity contribution in [2.75, 3.05) is 26.2 Å². The Balaban J connectivity index is 2.65. The molecule has 1 heterocycles. The molecule has 0 saturated carbocycles. The molecule has 6 heteroatoms. The molecule has 106 valence electrons. The van der Waals surface area contributed by atoms with Gasteiger partial charge < -0.3 is 10.4 Å². The van der Waals surface area contributed by atoms with E-state index in [1.54, 1.807) is 4.90 Å². The van der Waals surface area contributed by atoms with E-state index in [-0.39, 0.29) is 19.6 Å². The molecule has 0 aromatic rings. The van der Waals surface area contributed by atoms with Gasteiger partial charge in [0.1, 0.15) is 0 Å². The number of hydrogen-bond donors (Lipinski definition) is 2. The molecule has 1 unspecified atom stereocenters. The van der Waals surface area contributed by atoms with E-state index in [1.165, 1.54) is 13.8 Å². The molecule has 1 saturated heterocycles. The average molecular weight is 264 g/mol. The summed E-state index contributed by atoms with van der Waals surface area (Å²) in [4.78, 5) is 13.5. The van der Waals surface area contributed by atoms with Crippen LogP contribution in [0.3, 0.4) is 0 Å². The number of halogens is 2. The molecule has 1 atom stereocenters. The van der Waals surface area contributed by atoms with Gasteiger partial charge in [0.25, 0.3) is 5.92 Å². The Morgan fingerprint density at radius 3 is 2.61 bits per heavy atom. The molecule has 1 aliphatic rings. The number of alkyl halides is 2. The zero-order valence-electron chi connectivity index (χ0n) is 11.2. The monoisotopic (exact) mass is 264 g/mol. The second-order valence-electron chi connectivity index (χ2n) is 5.49. The Hall–Kier alpha value is -0.750. The van der Waals surface area contributed by atoms with E-state index in [1.807, 2.05) is 6.92 Å². The topological polar surface area (TPSA) is 52.6 Å². The summed E-state index contributed by atoms with van der Waals surface area (Å²) in [7, 11) is 0. The zero-order chi connectivity index (χ0) is 14.0. The lowest BCUT2D eigenvalue weighted by Crippen LogP contribution is -2.60. The number of nitrogens with one attached hydrogen (secondary N) is 1. The molecule has 0 radical (unpaired) electrons. The third-order valence-electron chi connectivity index (χ3n) is 3.44. The molecule has 1 aliphatic heterocycles. The van der Waals surface area contributed by atoms with E-state index >= 15 is 0 Å². The maximum Gasteiger partial charge on any atom is 0.280 e. The second kappa shape index (κ2) is 5.48. The van der Waals surface area contributed by atoms with Crippen molar-refractivity contribution in [3.63, 3.8) is 0 Å². The van der Waals surface area contributed by atoms with Crippen molar-refractivity contribution in [3.8, 4) is 0 Å². The van der Waals surface area contributed by atoms with Crippen LogP contribution < -0.4 is 5.32 Å². The number of carbonyl (C=O) groups is 1. The van der Waals surface area contributed by atoms with Crippen LogP contribution >= 0.6 is 0 Å². The number of piperidine rings is 1. The van der Waals surface area contributed by atoms with Crippen LogP contribution in [-0.4, -0.2) is 54.1 Å². The lowest BCUT2D eigenvalue weighted by molar-refractivity contribution is -0.140. The minimum absolute atomic E-state index is 0.230. The van der Waals surface area contributed by atoms with E-state index < -0.39 is 23.3 Å². The van der Waals surface area contributed by atoms with Gasteiger partial charge in [0, 0.05) is 6.54 Å². The lowest BCUT2D eigenvalue weighted by atomic mass is 9.92. The maximum absolute atomic E-state index is 13.8. The SMILES string of the molecule is CCN1CCC(NC(=O)C(C)(C)CO)C(F)(F)C1. The molecular weight excluding hydrogens is 242 g/mol. The smallest absolute Gasteiger partial charge is 0.280 e. The Labute approximate surface area is 106 Å². The van der Waals surface area contributed by atoms with Gasteiger partial charge in [-0.25, -0.2) is 8.78 Å². The molecule has 1 rings (SSSR count). The van der Waals surface area contributed by atoms with Gasteiger partial charge in [-0.15, -0.1) is 0 Å². The minimum Gasteiger partial charge on any atom is -0.395 e. The molecule has 4 nitrogen and oxygen atoms in total. The first kappa shape index (κ1) is 15.3. The van der Waals surface area contributed by atoms with Crippen LogP contribution in [0.2, 0.25) is 0 Å². The summed E-state index contributed by atoms with van der Waals surface area (Å²) in [6.07, 6.45) is 0.230. The molecule has 1 fully saturated rings. The Bertz CT molecular complexity index is 308. The minimum atomic E-state index is -2.92. The van der Waals surface area contributed by atoms with Crippen molar-refractivity contribution >= 4 is 5.91 Å². The first-order valence-electron chi connectivity index (χ1n) is 6.25. The summed E-state index contributed by atoms with van der Waals surface area (Å²) in [6.45, 7) is 5.34. The van der Waals surface area contributed by atoms with E-state index in [2.05, 4.69) is 5.32 Å². The third-order valence-corrected chi connectivity index (χ3v) is 3.44. The van der Waals surface area contributed by atoms with E-state index in [4.69, 9.17) is 5.11 Å². The number of aliphatic hydroxyl groups is 1. The highest BCUT2D eigenvalue weighted by Crippen LogP contribution is 2.28. The second-order valence-corrected chi connectivity index (χ2v) is 5.49. The summed E-state index contributed by atoms with van der Waals surface area (Å²) in [6, 6.07) is -1.14. The quantitative estimate of drug-likeness (QED) is 0.791. The summed E-state index contributed by atoms with van der Waals surface area (Å²) in [5.74, 6) is -3.45. The van der Waals surface area contributed by atoms with Crippen LogP contribution in [0.25, 0.3) is 0 Å². The highest BCUT2D eigenvalue weighted by Gasteiger charge is 2.46. The third kappa shape index (κ3) is 3.38. The first-order chi connectivity index (χ1) is 8.23. The summed E-state index contributed by atoms with van der Waals surface area (Å²) >= 11 is 0. The fourth-order valence-electron chi connectivity index (χ4n) is 1.88. The number of carbonyl (C=O) groups excluding carboxylic acids is 1. The fraction of sp³-hybridized carbons (Fsp3) is 0.917. The Kier molecular flexibility index (Phi) is 4.66. The van der Waals surface area contributed by atoms with Crippen LogP contribution in [0.15, 0.2) is 0 Å². The highest BCUT2D eigenvalue weighted by atomic mass is 19.3. The number of aliphatic hydroxyl groups excluding tert-OH is 1. The molecule has 0 aliphatic carbocycles. The molecule has 0 aromatic carbocycles.